The maximum absolute atomic E-state index is 11.1. The molecule has 0 bridgehead atoms. The molecule has 0 spiro atoms. The van der Waals surface area contributed by atoms with Crippen LogP contribution in [0.4, 0.5) is 0 Å². The first-order chi connectivity index (χ1) is 19.9. The molecule has 3 heterocycles. The van der Waals surface area contributed by atoms with E-state index in [1.165, 1.54) is 11.3 Å². The number of hydrogen-bond acceptors (Lipinski definition) is 12. The van der Waals surface area contributed by atoms with Crippen molar-refractivity contribution in [2.75, 3.05) is 27.3 Å². The van der Waals surface area contributed by atoms with E-state index in [0.29, 0.717) is 56.1 Å². The third-order valence-electron chi connectivity index (χ3n) is 5.92. The minimum atomic E-state index is 0.193. The van der Waals surface area contributed by atoms with Crippen molar-refractivity contribution in [2.45, 2.75) is 65.8 Å². The van der Waals surface area contributed by atoms with E-state index in [9.17, 15) is 9.59 Å². The number of ether oxygens (including phenoxy) is 4. The van der Waals surface area contributed by atoms with Gasteiger partial charge in [-0.15, -0.1) is 11.3 Å². The molecule has 0 atom stereocenters. The third-order valence-corrected chi connectivity index (χ3v) is 6.86. The molecule has 0 aliphatic carbocycles. The topological polar surface area (TPSA) is 134 Å². The summed E-state index contributed by atoms with van der Waals surface area (Å²) in [6.07, 6.45) is 4.50. The number of methoxy groups -OCH3 is 2. The van der Waals surface area contributed by atoms with Crippen LogP contribution >= 0.6 is 11.3 Å². The fourth-order valence-corrected chi connectivity index (χ4v) is 4.57. The molecule has 41 heavy (non-hydrogen) atoms. The fraction of sp³-hybridized carbons (Fsp3) is 0.483. The van der Waals surface area contributed by atoms with Crippen LogP contribution < -0.4 is 29.6 Å². The number of carbonyl (C=O) groups is 2. The number of carbonyl (C=O) groups excluding carboxylic acids is 2. The van der Waals surface area contributed by atoms with E-state index in [2.05, 4.69) is 25.6 Å². The highest BCUT2D eigenvalue weighted by Gasteiger charge is 2.11. The second kappa shape index (κ2) is 17.3. The van der Waals surface area contributed by atoms with Gasteiger partial charge in [0.05, 0.1) is 19.1 Å². The van der Waals surface area contributed by atoms with E-state index in [1.807, 2.05) is 18.2 Å². The van der Waals surface area contributed by atoms with Crippen molar-refractivity contribution in [3.8, 4) is 23.5 Å². The maximum atomic E-state index is 11.1. The third kappa shape index (κ3) is 11.4. The van der Waals surface area contributed by atoms with E-state index in [4.69, 9.17) is 18.9 Å². The Morgan fingerprint density at radius 3 is 1.78 bits per heavy atom. The quantitative estimate of drug-likeness (QED) is 0.186. The van der Waals surface area contributed by atoms with E-state index in [1.54, 1.807) is 40.3 Å². The molecule has 222 valence electrons. The normalized spacial score (nSPS) is 10.8. The summed E-state index contributed by atoms with van der Waals surface area (Å²) < 4.78 is 22.6. The first kappa shape index (κ1) is 31.9. The Balaban J connectivity index is 1.45. The SMILES string of the molecule is COc1nc(OCc2cnc(COc3ccc(CNCCCC(C)=O)c(OC)n3)s2)ccc1CNCCCC(C)=O. The van der Waals surface area contributed by atoms with Crippen molar-refractivity contribution in [3.63, 3.8) is 0 Å². The lowest BCUT2D eigenvalue weighted by atomic mass is 10.2. The minimum absolute atomic E-state index is 0.193. The summed E-state index contributed by atoms with van der Waals surface area (Å²) in [7, 11) is 3.15. The van der Waals surface area contributed by atoms with Gasteiger partial charge in [-0.05, 0) is 51.9 Å². The highest BCUT2D eigenvalue weighted by molar-refractivity contribution is 7.11. The number of nitrogens with one attached hydrogen (secondary N) is 2. The Morgan fingerprint density at radius 2 is 1.29 bits per heavy atom. The van der Waals surface area contributed by atoms with Crippen molar-refractivity contribution in [1.29, 1.82) is 0 Å². The van der Waals surface area contributed by atoms with Crippen LogP contribution in [0, 0.1) is 0 Å². The predicted molar refractivity (Wildman–Crippen MR) is 156 cm³/mol. The highest BCUT2D eigenvalue weighted by Crippen LogP contribution is 2.24. The summed E-state index contributed by atoms with van der Waals surface area (Å²) in [6.45, 7) is 6.46. The smallest absolute Gasteiger partial charge is 0.220 e. The standard InChI is InChI=1S/C29H39N5O6S/c1-20(35)7-5-13-30-15-22-9-11-25(33-28(22)37-3)39-18-24-17-32-27(41-24)19-40-26-12-10-23(29(34-26)38-4)16-31-14-6-8-21(2)36/h9-12,17,30-31H,5-8,13-16,18-19H2,1-4H3. The molecule has 0 aromatic carbocycles. The van der Waals surface area contributed by atoms with Gasteiger partial charge in [0.15, 0.2) is 0 Å². The lowest BCUT2D eigenvalue weighted by Crippen LogP contribution is -2.16. The van der Waals surface area contributed by atoms with Gasteiger partial charge in [0, 0.05) is 55.4 Å². The van der Waals surface area contributed by atoms with Gasteiger partial charge in [0.1, 0.15) is 29.8 Å². The predicted octanol–water partition coefficient (Wildman–Crippen LogP) is 4.03. The van der Waals surface area contributed by atoms with Crippen molar-refractivity contribution < 1.29 is 28.5 Å². The van der Waals surface area contributed by atoms with Crippen LogP contribution in [0.3, 0.4) is 0 Å². The molecule has 3 aromatic rings. The van der Waals surface area contributed by atoms with Gasteiger partial charge in [0.2, 0.25) is 23.5 Å². The molecule has 12 heteroatoms. The zero-order valence-electron chi connectivity index (χ0n) is 24.2. The van der Waals surface area contributed by atoms with Crippen LogP contribution in [-0.4, -0.2) is 53.8 Å². The van der Waals surface area contributed by atoms with Crippen molar-refractivity contribution in [3.05, 3.63) is 51.5 Å². The van der Waals surface area contributed by atoms with Gasteiger partial charge in [-0.25, -0.2) is 4.98 Å². The van der Waals surface area contributed by atoms with Crippen LogP contribution in [-0.2, 0) is 35.9 Å². The van der Waals surface area contributed by atoms with Crippen LogP contribution in [0.5, 0.6) is 23.5 Å². The minimum Gasteiger partial charge on any atom is -0.481 e. The summed E-state index contributed by atoms with van der Waals surface area (Å²) in [4.78, 5) is 36.4. The van der Waals surface area contributed by atoms with Crippen LogP contribution in [0.1, 0.15) is 60.5 Å². The number of aromatic nitrogens is 3. The summed E-state index contributed by atoms with van der Waals surface area (Å²) in [5.41, 5.74) is 1.83. The van der Waals surface area contributed by atoms with Gasteiger partial charge in [-0.1, -0.05) is 0 Å². The number of rotatable bonds is 20. The van der Waals surface area contributed by atoms with Crippen molar-refractivity contribution in [2.24, 2.45) is 0 Å². The Hall–Kier alpha value is -3.61. The Labute approximate surface area is 245 Å². The molecule has 0 amide bonds. The van der Waals surface area contributed by atoms with Gasteiger partial charge in [-0.3, -0.25) is 0 Å². The Kier molecular flexibility index (Phi) is 13.4. The van der Waals surface area contributed by atoms with E-state index >= 15 is 0 Å². The molecular weight excluding hydrogens is 546 g/mol. The van der Waals surface area contributed by atoms with Gasteiger partial charge in [0.25, 0.3) is 0 Å². The van der Waals surface area contributed by atoms with Gasteiger partial charge < -0.3 is 39.2 Å². The molecule has 0 aliphatic rings. The Morgan fingerprint density at radius 1 is 0.780 bits per heavy atom. The number of nitrogens with zero attached hydrogens (tertiary/aromatic N) is 3. The zero-order chi connectivity index (χ0) is 29.5. The summed E-state index contributed by atoms with van der Waals surface area (Å²) in [6, 6.07) is 7.45. The molecule has 3 aromatic heterocycles. The van der Waals surface area contributed by atoms with Crippen LogP contribution in [0.25, 0.3) is 0 Å². The maximum Gasteiger partial charge on any atom is 0.220 e. The summed E-state index contributed by atoms with van der Waals surface area (Å²) >= 11 is 1.49. The molecule has 2 N–H and O–H groups in total. The first-order valence-corrected chi connectivity index (χ1v) is 14.4. The van der Waals surface area contributed by atoms with Crippen LogP contribution in [0.15, 0.2) is 30.5 Å². The monoisotopic (exact) mass is 585 g/mol. The zero-order valence-corrected chi connectivity index (χ0v) is 25.0. The fourth-order valence-electron chi connectivity index (χ4n) is 3.82. The molecule has 3 rings (SSSR count). The number of pyridine rings is 2. The number of ketones is 2. The lowest BCUT2D eigenvalue weighted by Gasteiger charge is -2.11. The van der Waals surface area contributed by atoms with Crippen molar-refractivity contribution >= 4 is 22.9 Å². The second-order valence-electron chi connectivity index (χ2n) is 9.40. The second-order valence-corrected chi connectivity index (χ2v) is 10.6. The molecule has 0 saturated heterocycles. The summed E-state index contributed by atoms with van der Waals surface area (Å²) in [5, 5.41) is 7.40. The first-order valence-electron chi connectivity index (χ1n) is 13.5. The number of hydrogen-bond donors (Lipinski definition) is 2. The van der Waals surface area contributed by atoms with Gasteiger partial charge in [-0.2, -0.15) is 9.97 Å². The Bertz CT molecular complexity index is 1170. The highest BCUT2D eigenvalue weighted by atomic mass is 32.1. The molecule has 0 fully saturated rings. The van der Waals surface area contributed by atoms with E-state index in [-0.39, 0.29) is 18.2 Å². The molecule has 0 aliphatic heterocycles. The summed E-state index contributed by atoms with van der Waals surface area (Å²) in [5.74, 6) is 2.28. The molecule has 11 nitrogen and oxygen atoms in total. The van der Waals surface area contributed by atoms with Gasteiger partial charge >= 0.3 is 0 Å². The average Bonchev–Trinajstić information content (AvgIpc) is 3.42. The molecule has 0 unspecified atom stereocenters. The van der Waals surface area contributed by atoms with E-state index in [0.717, 1.165) is 46.9 Å². The largest absolute Gasteiger partial charge is 0.481 e. The molecule has 0 radical (unpaired) electrons. The lowest BCUT2D eigenvalue weighted by molar-refractivity contribution is -0.117. The van der Waals surface area contributed by atoms with E-state index < -0.39 is 0 Å². The molecule has 0 saturated carbocycles. The number of Topliss-reactive ketones (excluding diaryl/α,β-unsaturated/α-hetero) is 2. The van der Waals surface area contributed by atoms with Crippen LogP contribution in [0.2, 0.25) is 0 Å². The number of thiazole rings is 1. The molecular formula is C29H39N5O6S. The average molecular weight is 586 g/mol. The van der Waals surface area contributed by atoms with Crippen molar-refractivity contribution in [1.82, 2.24) is 25.6 Å².